The largest absolute Gasteiger partial charge is 0.361 e. The number of nitro benzene ring substituents is 1. The van der Waals surface area contributed by atoms with Crippen LogP contribution in [-0.4, -0.2) is 12.0 Å². The minimum absolute atomic E-state index is 0.0551. The third kappa shape index (κ3) is 2.58. The number of hydrogen-bond acceptors (Lipinski definition) is 4. The van der Waals surface area contributed by atoms with Crippen molar-refractivity contribution in [2.75, 3.05) is 11.9 Å². The van der Waals surface area contributed by atoms with Crippen molar-refractivity contribution in [3.05, 3.63) is 56.5 Å². The molecule has 0 amide bonds. The maximum atomic E-state index is 13.6. The van der Waals surface area contributed by atoms with Crippen molar-refractivity contribution >= 4 is 22.7 Å². The van der Waals surface area contributed by atoms with Crippen molar-refractivity contribution in [1.29, 1.82) is 0 Å². The first kappa shape index (κ1) is 13.5. The Balaban J connectivity index is 2.42. The summed E-state index contributed by atoms with van der Waals surface area (Å²) in [5.74, 6) is -0.812. The van der Waals surface area contributed by atoms with Crippen LogP contribution in [0.3, 0.4) is 0 Å². The Bertz CT molecular complexity index is 586. The Morgan fingerprint density at radius 2 is 2.11 bits per heavy atom. The topological polar surface area (TPSA) is 46.4 Å². The number of para-hydroxylation sites is 1. The van der Waals surface area contributed by atoms with Gasteiger partial charge in [0.25, 0.3) is 0 Å². The van der Waals surface area contributed by atoms with Crippen molar-refractivity contribution in [1.82, 2.24) is 0 Å². The Labute approximate surface area is 114 Å². The van der Waals surface area contributed by atoms with Gasteiger partial charge in [-0.05, 0) is 30.5 Å². The van der Waals surface area contributed by atoms with Gasteiger partial charge in [0, 0.05) is 11.9 Å². The van der Waals surface area contributed by atoms with Crippen LogP contribution in [0.4, 0.5) is 15.8 Å². The van der Waals surface area contributed by atoms with E-state index in [1.807, 2.05) is 24.4 Å². The van der Waals surface area contributed by atoms with Gasteiger partial charge in [-0.3, -0.25) is 10.1 Å². The highest BCUT2D eigenvalue weighted by Gasteiger charge is 2.25. The van der Waals surface area contributed by atoms with E-state index in [0.717, 1.165) is 10.9 Å². The molecule has 1 heterocycles. The zero-order chi connectivity index (χ0) is 14.0. The Kier molecular flexibility index (Phi) is 3.80. The fraction of sp³-hybridized carbons (Fsp3) is 0.231. The van der Waals surface area contributed by atoms with Crippen LogP contribution < -0.4 is 4.90 Å². The van der Waals surface area contributed by atoms with E-state index in [4.69, 9.17) is 0 Å². The molecule has 19 heavy (non-hydrogen) atoms. The van der Waals surface area contributed by atoms with Gasteiger partial charge in [0.15, 0.2) is 0 Å². The molecule has 100 valence electrons. The standard InChI is InChI=1S/C13H13FN2O2S/c1-9(12-7-4-8-19-12)15(2)11-6-3-5-10(14)13(11)16(17)18/h3-9H,1-2H3. The van der Waals surface area contributed by atoms with Crippen LogP contribution in [-0.2, 0) is 0 Å². The minimum Gasteiger partial charge on any atom is -0.361 e. The van der Waals surface area contributed by atoms with Crippen molar-refractivity contribution < 1.29 is 9.31 Å². The van der Waals surface area contributed by atoms with Gasteiger partial charge in [0.2, 0.25) is 5.82 Å². The number of hydrogen-bond donors (Lipinski definition) is 0. The molecule has 0 fully saturated rings. The number of halogens is 1. The summed E-state index contributed by atoms with van der Waals surface area (Å²) in [7, 11) is 1.73. The zero-order valence-electron chi connectivity index (χ0n) is 10.5. The molecule has 1 aromatic heterocycles. The molecule has 2 rings (SSSR count). The SMILES string of the molecule is CC(c1cccs1)N(C)c1cccc(F)c1[N+](=O)[O-]. The summed E-state index contributed by atoms with van der Waals surface area (Å²) >= 11 is 1.57. The summed E-state index contributed by atoms with van der Waals surface area (Å²) in [6, 6.07) is 7.97. The molecule has 0 N–H and O–H groups in total. The Morgan fingerprint density at radius 1 is 1.37 bits per heavy atom. The van der Waals surface area contributed by atoms with E-state index in [0.29, 0.717) is 0 Å². The highest BCUT2D eigenvalue weighted by Crippen LogP contribution is 2.35. The first-order valence-corrected chi connectivity index (χ1v) is 6.59. The molecule has 4 nitrogen and oxygen atoms in total. The van der Waals surface area contributed by atoms with Gasteiger partial charge in [-0.15, -0.1) is 11.3 Å². The van der Waals surface area contributed by atoms with Crippen LogP contribution in [0.25, 0.3) is 0 Å². The van der Waals surface area contributed by atoms with Gasteiger partial charge in [-0.2, -0.15) is 4.39 Å². The molecular formula is C13H13FN2O2S. The van der Waals surface area contributed by atoms with E-state index in [-0.39, 0.29) is 11.7 Å². The predicted molar refractivity (Wildman–Crippen MR) is 74.2 cm³/mol. The first-order valence-electron chi connectivity index (χ1n) is 5.71. The van der Waals surface area contributed by atoms with Crippen molar-refractivity contribution in [2.45, 2.75) is 13.0 Å². The molecule has 0 bridgehead atoms. The predicted octanol–water partition coefficient (Wildman–Crippen LogP) is 3.99. The maximum absolute atomic E-state index is 13.6. The molecule has 0 spiro atoms. The summed E-state index contributed by atoms with van der Waals surface area (Å²) in [5.41, 5.74) is -0.195. The lowest BCUT2D eigenvalue weighted by molar-refractivity contribution is -0.386. The van der Waals surface area contributed by atoms with E-state index < -0.39 is 16.4 Å². The number of nitrogens with zero attached hydrogens (tertiary/aromatic N) is 2. The fourth-order valence-electron chi connectivity index (χ4n) is 1.90. The minimum atomic E-state index is -0.812. The smallest absolute Gasteiger partial charge is 0.327 e. The first-order chi connectivity index (χ1) is 9.02. The van der Waals surface area contributed by atoms with Crippen molar-refractivity contribution in [3.63, 3.8) is 0 Å². The van der Waals surface area contributed by atoms with E-state index in [2.05, 4.69) is 0 Å². The third-order valence-electron chi connectivity index (χ3n) is 3.06. The van der Waals surface area contributed by atoms with Gasteiger partial charge in [0.1, 0.15) is 5.69 Å². The Hall–Kier alpha value is -1.95. The van der Waals surface area contributed by atoms with Gasteiger partial charge in [-0.25, -0.2) is 0 Å². The second kappa shape index (κ2) is 5.36. The summed E-state index contributed by atoms with van der Waals surface area (Å²) in [6.07, 6.45) is 0. The van der Waals surface area contributed by atoms with Crippen LogP contribution in [0, 0.1) is 15.9 Å². The number of benzene rings is 1. The molecule has 6 heteroatoms. The van der Waals surface area contributed by atoms with Gasteiger partial charge in [-0.1, -0.05) is 12.1 Å². The van der Waals surface area contributed by atoms with Crippen LogP contribution >= 0.6 is 11.3 Å². The lowest BCUT2D eigenvalue weighted by Gasteiger charge is -2.25. The molecule has 0 aliphatic rings. The van der Waals surface area contributed by atoms with E-state index in [9.17, 15) is 14.5 Å². The second-order valence-corrected chi connectivity index (χ2v) is 5.15. The molecular weight excluding hydrogens is 267 g/mol. The monoisotopic (exact) mass is 280 g/mol. The molecule has 2 aromatic rings. The maximum Gasteiger partial charge on any atom is 0.327 e. The van der Waals surface area contributed by atoms with Gasteiger partial charge < -0.3 is 4.90 Å². The van der Waals surface area contributed by atoms with Crippen molar-refractivity contribution in [2.24, 2.45) is 0 Å². The molecule has 0 saturated heterocycles. The fourth-order valence-corrected chi connectivity index (χ4v) is 2.72. The van der Waals surface area contributed by atoms with E-state index in [1.54, 1.807) is 29.4 Å². The zero-order valence-corrected chi connectivity index (χ0v) is 11.4. The normalized spacial score (nSPS) is 12.2. The van der Waals surface area contributed by atoms with Gasteiger partial charge >= 0.3 is 5.69 Å². The van der Waals surface area contributed by atoms with E-state index >= 15 is 0 Å². The third-order valence-corrected chi connectivity index (χ3v) is 4.11. The van der Waals surface area contributed by atoms with Crippen LogP contribution in [0.1, 0.15) is 17.8 Å². The molecule has 1 aromatic carbocycles. The lowest BCUT2D eigenvalue weighted by atomic mass is 10.2. The number of thiophene rings is 1. The van der Waals surface area contributed by atoms with E-state index in [1.165, 1.54) is 6.07 Å². The number of rotatable bonds is 4. The number of nitro groups is 1. The van der Waals surface area contributed by atoms with Gasteiger partial charge in [0.05, 0.1) is 11.0 Å². The highest BCUT2D eigenvalue weighted by atomic mass is 32.1. The molecule has 0 aliphatic heterocycles. The summed E-state index contributed by atoms with van der Waals surface area (Å²) in [4.78, 5) is 13.1. The van der Waals surface area contributed by atoms with Crippen molar-refractivity contribution in [3.8, 4) is 0 Å². The summed E-state index contributed by atoms with van der Waals surface area (Å²) in [5, 5.41) is 12.9. The highest BCUT2D eigenvalue weighted by molar-refractivity contribution is 7.10. The molecule has 0 radical (unpaired) electrons. The molecule has 0 saturated carbocycles. The average Bonchev–Trinajstić information content (AvgIpc) is 2.90. The molecule has 1 atom stereocenters. The van der Waals surface area contributed by atoms with Crippen LogP contribution in [0.2, 0.25) is 0 Å². The summed E-state index contributed by atoms with van der Waals surface area (Å²) in [6.45, 7) is 1.93. The van der Waals surface area contributed by atoms with Crippen LogP contribution in [0.5, 0.6) is 0 Å². The average molecular weight is 280 g/mol. The Morgan fingerprint density at radius 3 is 2.68 bits per heavy atom. The van der Waals surface area contributed by atoms with Crippen LogP contribution in [0.15, 0.2) is 35.7 Å². The lowest BCUT2D eigenvalue weighted by Crippen LogP contribution is -2.22. The quantitative estimate of drug-likeness (QED) is 0.628. The molecule has 0 aliphatic carbocycles. The molecule has 1 unspecified atom stereocenters. The number of anilines is 1. The summed E-state index contributed by atoms with van der Waals surface area (Å²) < 4.78 is 13.6. The second-order valence-electron chi connectivity index (χ2n) is 4.17.